The topological polar surface area (TPSA) is 93.3 Å². The molecule has 1 N–H and O–H groups in total. The predicted octanol–water partition coefficient (Wildman–Crippen LogP) is 1.65. The van der Waals surface area contributed by atoms with Crippen LogP contribution in [0.1, 0.15) is 49.3 Å². The fourth-order valence-corrected chi connectivity index (χ4v) is 3.89. The van der Waals surface area contributed by atoms with Crippen LogP contribution in [0.2, 0.25) is 0 Å². The molecule has 8 nitrogen and oxygen atoms in total. The molecule has 0 aromatic carbocycles. The van der Waals surface area contributed by atoms with Gasteiger partial charge in [-0.25, -0.2) is 0 Å². The predicted molar refractivity (Wildman–Crippen MR) is 96.3 cm³/mol. The zero-order valence-electron chi connectivity index (χ0n) is 15.4. The van der Waals surface area contributed by atoms with Crippen LogP contribution in [0.4, 0.5) is 0 Å². The van der Waals surface area contributed by atoms with Crippen LogP contribution in [-0.2, 0) is 35.6 Å². The summed E-state index contributed by atoms with van der Waals surface area (Å²) in [7, 11) is 0. The van der Waals surface area contributed by atoms with E-state index in [-0.39, 0.29) is 17.7 Å². The molecule has 1 fully saturated rings. The third kappa shape index (κ3) is 4.20. The minimum absolute atomic E-state index is 0.106. The first-order chi connectivity index (χ1) is 13.2. The van der Waals surface area contributed by atoms with Gasteiger partial charge in [-0.3, -0.25) is 14.3 Å². The minimum atomic E-state index is 0.106. The summed E-state index contributed by atoms with van der Waals surface area (Å²) in [5.74, 6) is 1.14. The second kappa shape index (κ2) is 7.94. The summed E-state index contributed by atoms with van der Waals surface area (Å²) in [6.07, 6.45) is 6.86. The van der Waals surface area contributed by atoms with Crippen molar-refractivity contribution < 1.29 is 14.1 Å². The van der Waals surface area contributed by atoms with Gasteiger partial charge in [-0.15, -0.1) is 0 Å². The molecular weight excluding hydrogens is 346 g/mol. The molecule has 3 heterocycles. The van der Waals surface area contributed by atoms with Crippen LogP contribution in [0.15, 0.2) is 22.9 Å². The first kappa shape index (κ1) is 17.8. The number of amides is 2. The van der Waals surface area contributed by atoms with E-state index in [9.17, 15) is 9.59 Å². The quantitative estimate of drug-likeness (QED) is 0.833. The van der Waals surface area contributed by atoms with Crippen LogP contribution in [0.5, 0.6) is 0 Å². The Balaban J connectivity index is 1.29. The lowest BCUT2D eigenvalue weighted by Crippen LogP contribution is -2.38. The van der Waals surface area contributed by atoms with Crippen LogP contribution in [-0.4, -0.2) is 38.2 Å². The maximum absolute atomic E-state index is 12.4. The zero-order chi connectivity index (χ0) is 18.6. The molecule has 0 radical (unpaired) electrons. The lowest BCUT2D eigenvalue weighted by atomic mass is 10.1. The maximum atomic E-state index is 12.4. The van der Waals surface area contributed by atoms with Crippen molar-refractivity contribution in [2.75, 3.05) is 6.54 Å². The molecule has 144 valence electrons. The number of fused-ring (bicyclic) bond motifs is 1. The van der Waals surface area contributed by atoms with Gasteiger partial charge < -0.3 is 14.7 Å². The molecule has 1 aliphatic heterocycles. The summed E-state index contributed by atoms with van der Waals surface area (Å²) >= 11 is 0. The van der Waals surface area contributed by atoms with Crippen molar-refractivity contribution in [1.29, 1.82) is 0 Å². The first-order valence-corrected chi connectivity index (χ1v) is 9.69. The van der Waals surface area contributed by atoms with Crippen molar-refractivity contribution in [3.05, 3.63) is 35.5 Å². The highest BCUT2D eigenvalue weighted by molar-refractivity contribution is 5.78. The van der Waals surface area contributed by atoms with E-state index < -0.39 is 0 Å². The van der Waals surface area contributed by atoms with Gasteiger partial charge in [0.2, 0.25) is 11.8 Å². The Labute approximate surface area is 157 Å². The lowest BCUT2D eigenvalue weighted by molar-refractivity contribution is -0.132. The fourth-order valence-electron chi connectivity index (χ4n) is 3.89. The van der Waals surface area contributed by atoms with Crippen LogP contribution in [0.25, 0.3) is 0 Å². The molecular formula is C19H25N5O3. The Hall–Kier alpha value is -2.64. The number of nitrogens with zero attached hydrogens (tertiary/aromatic N) is 4. The van der Waals surface area contributed by atoms with Crippen molar-refractivity contribution in [3.8, 4) is 0 Å². The second-order valence-electron chi connectivity index (χ2n) is 7.34. The van der Waals surface area contributed by atoms with Crippen LogP contribution in [0.3, 0.4) is 0 Å². The number of rotatable bonds is 6. The molecule has 0 bridgehead atoms. The molecule has 27 heavy (non-hydrogen) atoms. The van der Waals surface area contributed by atoms with Crippen molar-refractivity contribution in [2.24, 2.45) is 5.92 Å². The number of carbonyl (C=O) groups excluding carboxylic acids is 2. The highest BCUT2D eigenvalue weighted by Crippen LogP contribution is 2.24. The molecule has 4 rings (SSSR count). The van der Waals surface area contributed by atoms with E-state index in [1.165, 1.54) is 0 Å². The zero-order valence-corrected chi connectivity index (χ0v) is 15.4. The van der Waals surface area contributed by atoms with E-state index in [1.807, 2.05) is 15.6 Å². The Morgan fingerprint density at radius 1 is 1.26 bits per heavy atom. The van der Waals surface area contributed by atoms with Gasteiger partial charge in [0.25, 0.3) is 0 Å². The van der Waals surface area contributed by atoms with E-state index in [0.29, 0.717) is 39.0 Å². The second-order valence-corrected chi connectivity index (χ2v) is 7.34. The van der Waals surface area contributed by atoms with Gasteiger partial charge in [0.1, 0.15) is 5.76 Å². The largest absolute Gasteiger partial charge is 0.361 e. The van der Waals surface area contributed by atoms with E-state index in [0.717, 1.165) is 42.8 Å². The van der Waals surface area contributed by atoms with Gasteiger partial charge in [-0.1, -0.05) is 18.0 Å². The smallest absolute Gasteiger partial charge is 0.223 e. The van der Waals surface area contributed by atoms with Gasteiger partial charge in [-0.05, 0) is 18.9 Å². The number of hydrogen-bond acceptors (Lipinski definition) is 5. The minimum Gasteiger partial charge on any atom is -0.361 e. The number of hydrogen-bond donors (Lipinski definition) is 1. The molecule has 2 aromatic heterocycles. The molecule has 2 aromatic rings. The molecule has 0 unspecified atom stereocenters. The summed E-state index contributed by atoms with van der Waals surface area (Å²) in [4.78, 5) is 26.5. The first-order valence-electron chi connectivity index (χ1n) is 9.69. The Morgan fingerprint density at radius 3 is 2.89 bits per heavy atom. The summed E-state index contributed by atoms with van der Waals surface area (Å²) in [6, 6.07) is 3.77. The van der Waals surface area contributed by atoms with E-state index in [1.54, 1.807) is 12.3 Å². The van der Waals surface area contributed by atoms with E-state index in [4.69, 9.17) is 4.52 Å². The van der Waals surface area contributed by atoms with Gasteiger partial charge in [0.05, 0.1) is 37.2 Å². The monoisotopic (exact) mass is 371 g/mol. The van der Waals surface area contributed by atoms with Crippen LogP contribution in [0, 0.1) is 5.92 Å². The highest BCUT2D eigenvalue weighted by Gasteiger charge is 2.24. The SMILES string of the molecule is O=C(NCc1cc2n(n1)CCN(C(=O)CCc1ccno1)C2)C1CCCC1. The van der Waals surface area contributed by atoms with Gasteiger partial charge in [-0.2, -0.15) is 5.10 Å². The standard InChI is InChI=1S/C19H25N5O3/c25-18(6-5-17-7-8-21-27-17)23-9-10-24-16(13-23)11-15(22-24)12-20-19(26)14-3-1-2-4-14/h7-8,11,14H,1-6,9-10,12-13H2,(H,20,26). The molecule has 2 amide bonds. The molecule has 0 spiro atoms. The van der Waals surface area contributed by atoms with Crippen molar-refractivity contribution in [2.45, 2.75) is 58.2 Å². The molecule has 0 atom stereocenters. The summed E-state index contributed by atoms with van der Waals surface area (Å²) in [6.45, 7) is 2.34. The van der Waals surface area contributed by atoms with Gasteiger partial charge in [0.15, 0.2) is 0 Å². The molecule has 2 aliphatic rings. The Kier molecular flexibility index (Phi) is 5.22. The third-order valence-corrected chi connectivity index (χ3v) is 5.45. The number of aromatic nitrogens is 3. The van der Waals surface area contributed by atoms with Crippen molar-refractivity contribution in [1.82, 2.24) is 25.2 Å². The summed E-state index contributed by atoms with van der Waals surface area (Å²) < 4.78 is 6.99. The molecule has 0 saturated heterocycles. The van der Waals surface area contributed by atoms with E-state index >= 15 is 0 Å². The normalized spacial score (nSPS) is 17.1. The van der Waals surface area contributed by atoms with Crippen molar-refractivity contribution in [3.63, 3.8) is 0 Å². The third-order valence-electron chi connectivity index (χ3n) is 5.45. The van der Waals surface area contributed by atoms with E-state index in [2.05, 4.69) is 15.6 Å². The average Bonchev–Trinajstić information content (AvgIpc) is 3.44. The highest BCUT2D eigenvalue weighted by atomic mass is 16.5. The number of aryl methyl sites for hydroxylation is 1. The molecule has 1 saturated carbocycles. The van der Waals surface area contributed by atoms with Gasteiger partial charge in [0, 0.05) is 31.4 Å². The fraction of sp³-hybridized carbons (Fsp3) is 0.579. The number of carbonyl (C=O) groups is 2. The lowest BCUT2D eigenvalue weighted by Gasteiger charge is -2.27. The summed E-state index contributed by atoms with van der Waals surface area (Å²) in [5, 5.41) is 11.2. The van der Waals surface area contributed by atoms with Crippen molar-refractivity contribution >= 4 is 11.8 Å². The van der Waals surface area contributed by atoms with Gasteiger partial charge >= 0.3 is 0 Å². The number of nitrogens with one attached hydrogen (secondary N) is 1. The van der Waals surface area contributed by atoms with Crippen LogP contribution >= 0.6 is 0 Å². The Bertz CT molecular complexity index is 792. The molecule has 1 aliphatic carbocycles. The maximum Gasteiger partial charge on any atom is 0.223 e. The average molecular weight is 371 g/mol. The molecule has 8 heteroatoms. The Morgan fingerprint density at radius 2 is 2.11 bits per heavy atom. The van der Waals surface area contributed by atoms with Crippen LogP contribution < -0.4 is 5.32 Å². The summed E-state index contributed by atoms with van der Waals surface area (Å²) in [5.41, 5.74) is 1.87.